The maximum Gasteiger partial charge on any atom is 0.303 e. The van der Waals surface area contributed by atoms with E-state index < -0.39 is 12.1 Å². The molecule has 1 aliphatic heterocycles. The first kappa shape index (κ1) is 26.2. The Morgan fingerprint density at radius 1 is 1.34 bits per heavy atom. The van der Waals surface area contributed by atoms with E-state index >= 15 is 0 Å². The van der Waals surface area contributed by atoms with E-state index in [1.165, 1.54) is 4.21 Å². The summed E-state index contributed by atoms with van der Waals surface area (Å²) >= 11 is 10.1. The number of aliphatic carboxylic acids is 1. The SMILES string of the molecule is COc1ccc2ncc(Cl)c([C@@H](O)CCC3(CC(=O)O)CCN(CCSc4cccs4)CC3)c2c1. The minimum atomic E-state index is -0.814. The summed E-state index contributed by atoms with van der Waals surface area (Å²) in [6.45, 7) is 2.75. The Morgan fingerprint density at radius 3 is 2.83 bits per heavy atom. The molecular weight excluding hydrogens is 504 g/mol. The molecule has 2 N–H and O–H groups in total. The lowest BCUT2D eigenvalue weighted by Crippen LogP contribution is -2.42. The summed E-state index contributed by atoms with van der Waals surface area (Å²) < 4.78 is 6.68. The number of fused-ring (bicyclic) bond motifs is 1. The third kappa shape index (κ3) is 6.68. The number of aromatic nitrogens is 1. The van der Waals surface area contributed by atoms with Crippen molar-refractivity contribution in [2.45, 2.75) is 42.4 Å². The Kier molecular flexibility index (Phi) is 8.94. The normalized spacial score (nSPS) is 16.9. The third-order valence-corrected chi connectivity index (χ3v) is 9.35. The zero-order valence-corrected chi connectivity index (χ0v) is 22.2. The highest BCUT2D eigenvalue weighted by Gasteiger charge is 2.37. The van der Waals surface area contributed by atoms with Gasteiger partial charge in [-0.25, -0.2) is 0 Å². The summed E-state index contributed by atoms with van der Waals surface area (Å²) in [7, 11) is 1.60. The van der Waals surface area contributed by atoms with Gasteiger partial charge in [0, 0.05) is 29.4 Å². The second kappa shape index (κ2) is 11.9. The van der Waals surface area contributed by atoms with Crippen molar-refractivity contribution in [1.29, 1.82) is 0 Å². The number of methoxy groups -OCH3 is 1. The number of ether oxygens (including phenoxy) is 1. The third-order valence-electron chi connectivity index (χ3n) is 6.94. The van der Waals surface area contributed by atoms with Gasteiger partial charge in [-0.05, 0) is 73.8 Å². The van der Waals surface area contributed by atoms with Crippen LogP contribution in [0.2, 0.25) is 5.02 Å². The Balaban J connectivity index is 1.40. The van der Waals surface area contributed by atoms with Gasteiger partial charge in [0.1, 0.15) is 5.75 Å². The van der Waals surface area contributed by atoms with Crippen LogP contribution in [0, 0.1) is 5.41 Å². The predicted molar refractivity (Wildman–Crippen MR) is 143 cm³/mol. The molecule has 1 fully saturated rings. The maximum atomic E-state index is 11.8. The minimum absolute atomic E-state index is 0.121. The number of likely N-dealkylation sites (tertiary alicyclic amines) is 1. The first-order valence-electron chi connectivity index (χ1n) is 11.8. The molecule has 6 nitrogen and oxygen atoms in total. The number of rotatable bonds is 11. The molecule has 0 radical (unpaired) electrons. The summed E-state index contributed by atoms with van der Waals surface area (Å²) in [6, 6.07) is 9.73. The average molecular weight is 535 g/mol. The predicted octanol–water partition coefficient (Wildman–Crippen LogP) is 6.12. The lowest BCUT2D eigenvalue weighted by atomic mass is 9.71. The van der Waals surface area contributed by atoms with Gasteiger partial charge in [0.2, 0.25) is 0 Å². The lowest BCUT2D eigenvalue weighted by molar-refractivity contribution is -0.141. The molecule has 0 bridgehead atoms. The van der Waals surface area contributed by atoms with E-state index in [0.717, 1.165) is 49.1 Å². The van der Waals surface area contributed by atoms with Crippen molar-refractivity contribution < 1.29 is 19.7 Å². The van der Waals surface area contributed by atoms with Crippen LogP contribution in [0.3, 0.4) is 0 Å². The first-order chi connectivity index (χ1) is 16.9. The second-order valence-electron chi connectivity index (χ2n) is 9.15. The van der Waals surface area contributed by atoms with Crippen LogP contribution < -0.4 is 4.74 Å². The Bertz CT molecular complexity index is 1130. The molecule has 9 heteroatoms. The van der Waals surface area contributed by atoms with Crippen LogP contribution in [-0.4, -0.2) is 58.6 Å². The maximum absolute atomic E-state index is 11.8. The number of carboxylic acid groups (broad SMARTS) is 1. The topological polar surface area (TPSA) is 82.9 Å². The number of pyridine rings is 1. The molecule has 3 aromatic rings. The quantitative estimate of drug-likeness (QED) is 0.287. The number of aliphatic hydroxyl groups excluding tert-OH is 1. The molecule has 4 rings (SSSR count). The fraction of sp³-hybridized carbons (Fsp3) is 0.462. The van der Waals surface area contributed by atoms with Gasteiger partial charge in [0.15, 0.2) is 0 Å². The number of carbonyl (C=O) groups is 1. The minimum Gasteiger partial charge on any atom is -0.497 e. The number of thiophene rings is 1. The number of benzene rings is 1. The number of carboxylic acids is 1. The van der Waals surface area contributed by atoms with Crippen LogP contribution in [0.4, 0.5) is 0 Å². The molecule has 3 heterocycles. The monoisotopic (exact) mass is 534 g/mol. The molecule has 2 aromatic heterocycles. The highest BCUT2D eigenvalue weighted by atomic mass is 35.5. The smallest absolute Gasteiger partial charge is 0.303 e. The number of nitrogens with zero attached hydrogens (tertiary/aromatic N) is 2. The van der Waals surface area contributed by atoms with Crippen molar-refractivity contribution in [3.05, 3.63) is 52.5 Å². The van der Waals surface area contributed by atoms with Crippen LogP contribution in [0.5, 0.6) is 5.75 Å². The van der Waals surface area contributed by atoms with Crippen molar-refractivity contribution in [2.75, 3.05) is 32.5 Å². The van der Waals surface area contributed by atoms with Crippen molar-refractivity contribution >= 4 is 51.6 Å². The molecule has 0 unspecified atom stereocenters. The summed E-state index contributed by atoms with van der Waals surface area (Å²) in [5.41, 5.74) is 1.04. The number of halogens is 1. The largest absolute Gasteiger partial charge is 0.497 e. The van der Waals surface area contributed by atoms with Gasteiger partial charge in [-0.1, -0.05) is 17.7 Å². The van der Waals surface area contributed by atoms with Crippen molar-refractivity contribution in [2.24, 2.45) is 5.41 Å². The zero-order valence-electron chi connectivity index (χ0n) is 19.8. The number of hydrogen-bond acceptors (Lipinski definition) is 7. The van der Waals surface area contributed by atoms with Gasteiger partial charge in [-0.2, -0.15) is 0 Å². The van der Waals surface area contributed by atoms with Gasteiger partial charge in [-0.15, -0.1) is 23.1 Å². The highest BCUT2D eigenvalue weighted by molar-refractivity contribution is 8.01. The molecule has 1 saturated heterocycles. The summed E-state index contributed by atoms with van der Waals surface area (Å²) in [5, 5.41) is 24.1. The van der Waals surface area contributed by atoms with E-state index in [1.807, 2.05) is 30.0 Å². The summed E-state index contributed by atoms with van der Waals surface area (Å²) in [6.07, 6.45) is 3.57. The molecule has 0 saturated carbocycles. The second-order valence-corrected chi connectivity index (χ2v) is 11.9. The van der Waals surface area contributed by atoms with Crippen LogP contribution in [0.1, 0.15) is 43.8 Å². The van der Waals surface area contributed by atoms with E-state index in [9.17, 15) is 15.0 Å². The van der Waals surface area contributed by atoms with E-state index in [4.69, 9.17) is 16.3 Å². The van der Waals surface area contributed by atoms with E-state index in [2.05, 4.69) is 27.4 Å². The van der Waals surface area contributed by atoms with Crippen molar-refractivity contribution in [3.63, 3.8) is 0 Å². The number of aliphatic hydroxyl groups is 1. The molecule has 0 aliphatic carbocycles. The fourth-order valence-corrected chi connectivity index (χ4v) is 7.07. The Hall–Kier alpha value is -1.84. The summed E-state index contributed by atoms with van der Waals surface area (Å²) in [4.78, 5) is 18.5. The van der Waals surface area contributed by atoms with E-state index in [-0.39, 0.29) is 11.8 Å². The molecular formula is C26H31ClN2O4S2. The Labute approximate surface area is 219 Å². The first-order valence-corrected chi connectivity index (χ1v) is 14.0. The van der Waals surface area contributed by atoms with Gasteiger partial charge in [0.05, 0.1) is 34.4 Å². The number of thioether (sulfide) groups is 1. The van der Waals surface area contributed by atoms with Crippen LogP contribution in [0.15, 0.2) is 46.1 Å². The van der Waals surface area contributed by atoms with Gasteiger partial charge >= 0.3 is 5.97 Å². The van der Waals surface area contributed by atoms with E-state index in [1.54, 1.807) is 24.6 Å². The Morgan fingerprint density at radius 2 is 2.14 bits per heavy atom. The highest BCUT2D eigenvalue weighted by Crippen LogP contribution is 2.43. The van der Waals surface area contributed by atoms with Crippen LogP contribution >= 0.6 is 34.7 Å². The molecule has 1 atom stereocenters. The average Bonchev–Trinajstić information content (AvgIpc) is 3.36. The molecule has 35 heavy (non-hydrogen) atoms. The molecule has 0 spiro atoms. The van der Waals surface area contributed by atoms with Crippen molar-refractivity contribution in [1.82, 2.24) is 9.88 Å². The number of hydrogen-bond donors (Lipinski definition) is 2. The molecule has 1 aliphatic rings. The van der Waals surface area contributed by atoms with Crippen LogP contribution in [-0.2, 0) is 4.79 Å². The van der Waals surface area contributed by atoms with E-state index in [0.29, 0.717) is 29.2 Å². The lowest BCUT2D eigenvalue weighted by Gasteiger charge is -2.41. The standard InChI is InChI=1S/C26H31ClN2O4S2/c1-33-18-4-5-21-19(15-18)25(20(27)17-28-21)22(30)6-7-26(16-23(31)32)8-10-29(11-9-26)12-14-35-24-3-2-13-34-24/h2-5,13,15,17,22,30H,6-12,14,16H2,1H3,(H,31,32)/t22-/m0/s1. The summed E-state index contributed by atoms with van der Waals surface area (Å²) in [5.74, 6) is 0.919. The number of piperidine rings is 1. The van der Waals surface area contributed by atoms with Gasteiger partial charge in [-0.3, -0.25) is 9.78 Å². The zero-order chi connectivity index (χ0) is 24.8. The van der Waals surface area contributed by atoms with Gasteiger partial charge < -0.3 is 19.8 Å². The molecule has 0 amide bonds. The van der Waals surface area contributed by atoms with Crippen molar-refractivity contribution in [3.8, 4) is 5.75 Å². The fourth-order valence-electron chi connectivity index (χ4n) is 4.93. The van der Waals surface area contributed by atoms with Gasteiger partial charge in [0.25, 0.3) is 0 Å². The van der Waals surface area contributed by atoms with Crippen LogP contribution in [0.25, 0.3) is 10.9 Å². The molecule has 188 valence electrons. The molecule has 1 aromatic carbocycles.